The van der Waals surface area contributed by atoms with Gasteiger partial charge in [0.15, 0.2) is 5.16 Å². The Balaban J connectivity index is 1.47. The minimum absolute atomic E-state index is 0.0233. The lowest BCUT2D eigenvalue weighted by Gasteiger charge is -2.31. The topological polar surface area (TPSA) is 72.3 Å². The van der Waals surface area contributed by atoms with Gasteiger partial charge in [0.2, 0.25) is 5.91 Å². The average Bonchev–Trinajstić information content (AvgIpc) is 3.49. The number of alkyl halides is 3. The number of ether oxygens (including phenoxy) is 1. The Bertz CT molecular complexity index is 923. The predicted molar refractivity (Wildman–Crippen MR) is 107 cm³/mol. The van der Waals surface area contributed by atoms with E-state index in [1.165, 1.54) is 17.8 Å². The van der Waals surface area contributed by atoms with E-state index in [2.05, 4.69) is 15.5 Å². The fourth-order valence-corrected chi connectivity index (χ4v) is 4.08. The molecule has 7 nitrogen and oxygen atoms in total. The number of rotatable bonds is 6. The van der Waals surface area contributed by atoms with E-state index in [1.54, 1.807) is 0 Å². The molecule has 1 aromatic heterocycles. The number of hydrogen-bond donors (Lipinski definition) is 1. The van der Waals surface area contributed by atoms with Crippen molar-refractivity contribution in [2.24, 2.45) is 7.05 Å². The first-order valence-corrected chi connectivity index (χ1v) is 10.7. The van der Waals surface area contributed by atoms with Gasteiger partial charge in [-0.15, -0.1) is 10.2 Å². The Morgan fingerprint density at radius 1 is 1.27 bits per heavy atom. The van der Waals surface area contributed by atoms with Gasteiger partial charge in [0.25, 0.3) is 0 Å². The number of thioether (sulfide) groups is 1. The molecule has 2 fully saturated rings. The molecule has 0 spiro atoms. The highest BCUT2D eigenvalue weighted by atomic mass is 32.2. The fraction of sp³-hybridized carbons (Fsp3) is 0.526. The van der Waals surface area contributed by atoms with Gasteiger partial charge in [0.05, 0.1) is 35.9 Å². The normalized spacial score (nSPS) is 17.3. The van der Waals surface area contributed by atoms with E-state index < -0.39 is 17.6 Å². The van der Waals surface area contributed by atoms with Crippen LogP contribution in [0.4, 0.5) is 24.5 Å². The zero-order chi connectivity index (χ0) is 21.3. The molecule has 1 aliphatic carbocycles. The Labute approximate surface area is 176 Å². The Hall–Kier alpha value is -2.27. The minimum Gasteiger partial charge on any atom is -0.378 e. The van der Waals surface area contributed by atoms with E-state index in [1.807, 2.05) is 16.5 Å². The number of hydrogen-bond acceptors (Lipinski definition) is 6. The SMILES string of the molecule is Cn1c(SCC(=O)Nc2cc(C(F)(F)F)ccc2N2CCOCC2)nnc1C1CC1. The third-order valence-electron chi connectivity index (χ3n) is 5.09. The lowest BCUT2D eigenvalue weighted by molar-refractivity contribution is -0.137. The highest BCUT2D eigenvalue weighted by Crippen LogP contribution is 2.39. The molecule has 30 heavy (non-hydrogen) atoms. The average molecular weight is 441 g/mol. The quantitative estimate of drug-likeness (QED) is 0.694. The van der Waals surface area contributed by atoms with Gasteiger partial charge in [0.1, 0.15) is 5.82 Å². The molecule has 162 valence electrons. The Kier molecular flexibility index (Phi) is 5.92. The van der Waals surface area contributed by atoms with Crippen molar-refractivity contribution in [2.45, 2.75) is 30.1 Å². The summed E-state index contributed by atoms with van der Waals surface area (Å²) in [6.45, 7) is 2.07. The molecule has 2 heterocycles. The van der Waals surface area contributed by atoms with Gasteiger partial charge < -0.3 is 19.5 Å². The van der Waals surface area contributed by atoms with Crippen LogP contribution < -0.4 is 10.2 Å². The smallest absolute Gasteiger partial charge is 0.378 e. The van der Waals surface area contributed by atoms with Gasteiger partial charge in [-0.25, -0.2) is 0 Å². The molecule has 0 radical (unpaired) electrons. The van der Waals surface area contributed by atoms with Crippen molar-refractivity contribution in [1.82, 2.24) is 14.8 Å². The summed E-state index contributed by atoms with van der Waals surface area (Å²) in [7, 11) is 1.86. The van der Waals surface area contributed by atoms with E-state index in [9.17, 15) is 18.0 Å². The first kappa shape index (κ1) is 21.0. The molecule has 0 atom stereocenters. The van der Waals surface area contributed by atoms with Gasteiger partial charge in [-0.1, -0.05) is 11.8 Å². The number of nitrogens with zero attached hydrogens (tertiary/aromatic N) is 4. The monoisotopic (exact) mass is 441 g/mol. The summed E-state index contributed by atoms with van der Waals surface area (Å²) >= 11 is 1.21. The molecule has 1 amide bonds. The number of morpholine rings is 1. The second kappa shape index (κ2) is 8.46. The van der Waals surface area contributed by atoms with E-state index >= 15 is 0 Å². The number of aromatic nitrogens is 3. The first-order valence-electron chi connectivity index (χ1n) is 9.69. The number of halogens is 3. The summed E-state index contributed by atoms with van der Waals surface area (Å²) < 4.78 is 46.8. The van der Waals surface area contributed by atoms with Crippen LogP contribution in [0.1, 0.15) is 30.1 Å². The number of amides is 1. The van der Waals surface area contributed by atoms with Crippen molar-refractivity contribution < 1.29 is 22.7 Å². The summed E-state index contributed by atoms with van der Waals surface area (Å²) in [6, 6.07) is 3.43. The highest BCUT2D eigenvalue weighted by Gasteiger charge is 2.32. The van der Waals surface area contributed by atoms with Crippen LogP contribution in [-0.2, 0) is 22.8 Å². The lowest BCUT2D eigenvalue weighted by atomic mass is 10.1. The molecule has 1 aliphatic heterocycles. The van der Waals surface area contributed by atoms with Crippen molar-refractivity contribution in [2.75, 3.05) is 42.3 Å². The third-order valence-corrected chi connectivity index (χ3v) is 6.11. The summed E-state index contributed by atoms with van der Waals surface area (Å²) in [5.41, 5.74) is -0.0990. The zero-order valence-corrected chi connectivity index (χ0v) is 17.2. The molecule has 1 saturated carbocycles. The molecular weight excluding hydrogens is 419 g/mol. The maximum atomic E-state index is 13.2. The van der Waals surface area contributed by atoms with Gasteiger partial charge in [0, 0.05) is 26.1 Å². The zero-order valence-electron chi connectivity index (χ0n) is 16.4. The van der Waals surface area contributed by atoms with E-state index in [0.717, 1.165) is 30.8 Å². The summed E-state index contributed by atoms with van der Waals surface area (Å²) in [5, 5.41) is 11.6. The maximum Gasteiger partial charge on any atom is 0.416 e. The molecule has 4 rings (SSSR count). The molecule has 1 saturated heterocycles. The van der Waals surface area contributed by atoms with Gasteiger partial charge in [-0.3, -0.25) is 4.79 Å². The molecule has 1 N–H and O–H groups in total. The van der Waals surface area contributed by atoms with Crippen molar-refractivity contribution in [3.05, 3.63) is 29.6 Å². The maximum absolute atomic E-state index is 13.2. The molecular formula is C19H22F3N5O2S. The molecule has 0 unspecified atom stereocenters. The van der Waals surface area contributed by atoms with Gasteiger partial charge in [-0.2, -0.15) is 13.2 Å². The number of carbonyl (C=O) groups is 1. The molecule has 2 aliphatic rings. The van der Waals surface area contributed by atoms with Crippen molar-refractivity contribution in [3.8, 4) is 0 Å². The van der Waals surface area contributed by atoms with Crippen LogP contribution in [0.5, 0.6) is 0 Å². The Morgan fingerprint density at radius 2 is 2.00 bits per heavy atom. The van der Waals surface area contributed by atoms with Crippen LogP contribution in [0.25, 0.3) is 0 Å². The second-order valence-electron chi connectivity index (χ2n) is 7.34. The summed E-state index contributed by atoms with van der Waals surface area (Å²) in [5.74, 6) is 0.970. The standard InChI is InChI=1S/C19H22F3N5O2S/c1-26-17(12-2-3-12)24-25-18(26)30-11-16(28)23-14-10-13(19(20,21)22)4-5-15(14)27-6-8-29-9-7-27/h4-5,10,12H,2-3,6-9,11H2,1H3,(H,23,28). The summed E-state index contributed by atoms with van der Waals surface area (Å²) in [6.07, 6.45) is -2.30. The lowest BCUT2D eigenvalue weighted by Crippen LogP contribution is -2.37. The van der Waals surface area contributed by atoms with Crippen LogP contribution in [0.2, 0.25) is 0 Å². The van der Waals surface area contributed by atoms with Gasteiger partial charge >= 0.3 is 6.18 Å². The number of nitrogens with one attached hydrogen (secondary N) is 1. The number of anilines is 2. The van der Waals surface area contributed by atoms with Crippen LogP contribution >= 0.6 is 11.8 Å². The fourth-order valence-electron chi connectivity index (χ4n) is 3.36. The van der Waals surface area contributed by atoms with Crippen molar-refractivity contribution in [1.29, 1.82) is 0 Å². The molecule has 1 aromatic carbocycles. The second-order valence-corrected chi connectivity index (χ2v) is 8.28. The Morgan fingerprint density at radius 3 is 2.67 bits per heavy atom. The predicted octanol–water partition coefficient (Wildman–Crippen LogP) is 3.28. The van der Waals surface area contributed by atoms with Crippen LogP contribution in [-0.4, -0.2) is 52.7 Å². The number of carbonyl (C=O) groups excluding carboxylic acids is 1. The highest BCUT2D eigenvalue weighted by molar-refractivity contribution is 7.99. The molecule has 11 heteroatoms. The van der Waals surface area contributed by atoms with E-state index in [0.29, 0.717) is 43.1 Å². The molecule has 0 bridgehead atoms. The minimum atomic E-state index is -4.49. The van der Waals surface area contributed by atoms with Crippen LogP contribution in [0.15, 0.2) is 23.4 Å². The first-order chi connectivity index (χ1) is 14.3. The largest absolute Gasteiger partial charge is 0.416 e. The molecule has 2 aromatic rings. The van der Waals surface area contributed by atoms with E-state index in [-0.39, 0.29) is 11.4 Å². The third kappa shape index (κ3) is 4.72. The van der Waals surface area contributed by atoms with Crippen LogP contribution in [0.3, 0.4) is 0 Å². The summed E-state index contributed by atoms with van der Waals surface area (Å²) in [4.78, 5) is 14.4. The van der Waals surface area contributed by atoms with Gasteiger partial charge in [-0.05, 0) is 31.0 Å². The number of benzene rings is 1. The van der Waals surface area contributed by atoms with Crippen LogP contribution in [0, 0.1) is 0 Å². The van der Waals surface area contributed by atoms with Crippen molar-refractivity contribution >= 4 is 29.0 Å². The van der Waals surface area contributed by atoms with E-state index in [4.69, 9.17) is 4.74 Å². The van der Waals surface area contributed by atoms with Crippen molar-refractivity contribution in [3.63, 3.8) is 0 Å².